The van der Waals surface area contributed by atoms with Crippen molar-refractivity contribution in [1.82, 2.24) is 39.5 Å². The molecule has 0 aromatic carbocycles. The Balaban J connectivity index is 1.56. The summed E-state index contributed by atoms with van der Waals surface area (Å²) in [5.74, 6) is 3.05. The van der Waals surface area contributed by atoms with E-state index in [1.165, 1.54) is 0 Å². The molecule has 4 heterocycles. The van der Waals surface area contributed by atoms with Crippen LogP contribution in [-0.4, -0.2) is 39.5 Å². The van der Waals surface area contributed by atoms with Crippen molar-refractivity contribution >= 4 is 0 Å². The predicted octanol–water partition coefficient (Wildman–Crippen LogP) is 3.82. The van der Waals surface area contributed by atoms with Crippen LogP contribution < -0.4 is 0 Å². The van der Waals surface area contributed by atoms with Crippen molar-refractivity contribution < 1.29 is 0 Å². The third-order valence-electron chi connectivity index (χ3n) is 4.74. The van der Waals surface area contributed by atoms with Crippen molar-refractivity contribution in [2.45, 2.75) is 58.8 Å². The van der Waals surface area contributed by atoms with Crippen LogP contribution in [0.4, 0.5) is 0 Å². The van der Waals surface area contributed by atoms with Gasteiger partial charge in [0.15, 0.2) is 23.3 Å². The molecule has 31 heavy (non-hydrogen) atoms. The average Bonchev–Trinajstić information content (AvgIpc) is 3.38. The molecule has 0 unspecified atom stereocenters. The van der Waals surface area contributed by atoms with E-state index in [0.29, 0.717) is 6.42 Å². The van der Waals surface area contributed by atoms with E-state index < -0.39 is 0 Å². The summed E-state index contributed by atoms with van der Waals surface area (Å²) in [6.45, 7) is 12.6. The van der Waals surface area contributed by atoms with E-state index >= 15 is 0 Å². The third kappa shape index (κ3) is 4.68. The fourth-order valence-electron chi connectivity index (χ4n) is 3.01. The molecule has 0 amide bonds. The van der Waals surface area contributed by atoms with Gasteiger partial charge in [0, 0.05) is 28.6 Å². The van der Waals surface area contributed by atoms with Gasteiger partial charge in [-0.15, -0.1) is 10.2 Å². The van der Waals surface area contributed by atoms with Crippen LogP contribution in [0.15, 0.2) is 49.1 Å². The molecule has 0 saturated heterocycles. The predicted molar refractivity (Wildman–Crippen MR) is 119 cm³/mol. The number of pyridine rings is 2. The monoisotopic (exact) mass is 416 g/mol. The molecule has 0 radical (unpaired) electrons. The number of rotatable bonds is 4. The van der Waals surface area contributed by atoms with Gasteiger partial charge in [-0.1, -0.05) is 53.7 Å². The lowest BCUT2D eigenvalue weighted by atomic mass is 9.96. The summed E-state index contributed by atoms with van der Waals surface area (Å²) in [6.07, 6.45) is 4.02. The second-order valence-electron chi connectivity index (χ2n) is 9.68. The highest BCUT2D eigenvalue weighted by Gasteiger charge is 2.20. The normalized spacial score (nSPS) is 12.3. The highest BCUT2D eigenvalue weighted by Crippen LogP contribution is 2.19. The van der Waals surface area contributed by atoms with E-state index in [1.807, 2.05) is 36.4 Å². The molecule has 0 aliphatic heterocycles. The molecule has 0 saturated carbocycles. The van der Waals surface area contributed by atoms with Gasteiger partial charge in [-0.05, 0) is 24.3 Å². The Labute approximate surface area is 182 Å². The quantitative estimate of drug-likeness (QED) is 0.503. The SMILES string of the molecule is CC(C)(C)c1ncn(-c2cccc(Cc3cccc(-n4cnc(C(C)(C)C)n4)n3)n2)n1. The van der Waals surface area contributed by atoms with Gasteiger partial charge in [0.25, 0.3) is 0 Å². The fourth-order valence-corrected chi connectivity index (χ4v) is 3.01. The molecule has 8 nitrogen and oxygen atoms in total. The molecule has 8 heteroatoms. The molecule has 4 aromatic heterocycles. The van der Waals surface area contributed by atoms with Crippen molar-refractivity contribution in [3.63, 3.8) is 0 Å². The van der Waals surface area contributed by atoms with Crippen molar-refractivity contribution in [2.24, 2.45) is 0 Å². The smallest absolute Gasteiger partial charge is 0.156 e. The molecule has 0 aliphatic carbocycles. The van der Waals surface area contributed by atoms with Crippen LogP contribution in [-0.2, 0) is 17.3 Å². The maximum atomic E-state index is 4.76. The lowest BCUT2D eigenvalue weighted by molar-refractivity contribution is 0.543. The van der Waals surface area contributed by atoms with Crippen LogP contribution in [0.3, 0.4) is 0 Å². The molecular formula is C23H28N8. The maximum Gasteiger partial charge on any atom is 0.156 e. The Morgan fingerprint density at radius 1 is 0.645 bits per heavy atom. The Morgan fingerprint density at radius 3 is 1.42 bits per heavy atom. The minimum absolute atomic E-state index is 0.110. The zero-order chi connectivity index (χ0) is 22.2. The first-order valence-electron chi connectivity index (χ1n) is 10.4. The number of aromatic nitrogens is 8. The van der Waals surface area contributed by atoms with Crippen LogP contribution in [0.25, 0.3) is 11.6 Å². The summed E-state index contributed by atoms with van der Waals surface area (Å²) < 4.78 is 3.44. The van der Waals surface area contributed by atoms with E-state index in [1.54, 1.807) is 22.0 Å². The molecule has 4 rings (SSSR count). The van der Waals surface area contributed by atoms with E-state index in [-0.39, 0.29) is 10.8 Å². The third-order valence-corrected chi connectivity index (χ3v) is 4.74. The molecular weight excluding hydrogens is 388 g/mol. The highest BCUT2D eigenvalue weighted by atomic mass is 15.4. The second-order valence-corrected chi connectivity index (χ2v) is 9.68. The Kier molecular flexibility index (Phi) is 5.16. The molecule has 0 spiro atoms. The van der Waals surface area contributed by atoms with Gasteiger partial charge in [-0.2, -0.15) is 0 Å². The van der Waals surface area contributed by atoms with Crippen LogP contribution in [0, 0.1) is 0 Å². The van der Waals surface area contributed by atoms with Crippen molar-refractivity contribution in [3.05, 3.63) is 72.1 Å². The van der Waals surface area contributed by atoms with Gasteiger partial charge >= 0.3 is 0 Å². The zero-order valence-corrected chi connectivity index (χ0v) is 18.9. The van der Waals surface area contributed by atoms with E-state index in [0.717, 1.165) is 34.7 Å². The van der Waals surface area contributed by atoms with Crippen LogP contribution >= 0.6 is 0 Å². The van der Waals surface area contributed by atoms with E-state index in [9.17, 15) is 0 Å². The summed E-state index contributed by atoms with van der Waals surface area (Å²) >= 11 is 0. The fraction of sp³-hybridized carbons (Fsp3) is 0.391. The minimum atomic E-state index is -0.110. The standard InChI is InChI=1S/C23H28N8/c1-22(2,3)20-24-14-30(28-20)18-11-7-9-16(26-18)13-17-10-8-12-19(27-17)31-15-25-21(29-31)23(4,5)6/h7-12,14-15H,13H2,1-6H3. The molecule has 4 aromatic rings. The van der Waals surface area contributed by atoms with Gasteiger partial charge in [0.1, 0.15) is 12.7 Å². The summed E-state index contributed by atoms with van der Waals surface area (Å²) in [5, 5.41) is 9.17. The van der Waals surface area contributed by atoms with Gasteiger partial charge in [-0.3, -0.25) is 0 Å². The maximum absolute atomic E-state index is 4.76. The molecule has 0 atom stereocenters. The topological polar surface area (TPSA) is 87.2 Å². The highest BCUT2D eigenvalue weighted by molar-refractivity contribution is 5.28. The molecule has 0 aliphatic rings. The molecule has 0 N–H and O–H groups in total. The number of hydrogen-bond donors (Lipinski definition) is 0. The number of nitrogens with zero attached hydrogens (tertiary/aromatic N) is 8. The second kappa shape index (κ2) is 7.68. The van der Waals surface area contributed by atoms with E-state index in [2.05, 4.69) is 61.7 Å². The van der Waals surface area contributed by atoms with E-state index in [4.69, 9.17) is 9.97 Å². The minimum Gasteiger partial charge on any atom is -0.233 e. The molecule has 160 valence electrons. The summed E-state index contributed by atoms with van der Waals surface area (Å²) in [6, 6.07) is 11.8. The van der Waals surface area contributed by atoms with Crippen LogP contribution in [0.5, 0.6) is 0 Å². The lowest BCUT2D eigenvalue weighted by Crippen LogP contribution is -2.14. The molecule has 0 bridgehead atoms. The van der Waals surface area contributed by atoms with Gasteiger partial charge in [0.2, 0.25) is 0 Å². The summed E-state index contributed by atoms with van der Waals surface area (Å²) in [7, 11) is 0. The summed E-state index contributed by atoms with van der Waals surface area (Å²) in [5.41, 5.74) is 1.59. The lowest BCUT2D eigenvalue weighted by Gasteiger charge is -2.12. The van der Waals surface area contributed by atoms with Crippen molar-refractivity contribution in [2.75, 3.05) is 0 Å². The zero-order valence-electron chi connectivity index (χ0n) is 18.9. The average molecular weight is 417 g/mol. The Morgan fingerprint density at radius 2 is 1.06 bits per heavy atom. The largest absolute Gasteiger partial charge is 0.233 e. The van der Waals surface area contributed by atoms with Crippen molar-refractivity contribution in [3.8, 4) is 11.6 Å². The first-order valence-corrected chi connectivity index (χ1v) is 10.4. The first-order chi connectivity index (χ1) is 14.6. The van der Waals surface area contributed by atoms with Gasteiger partial charge in [-0.25, -0.2) is 29.3 Å². The van der Waals surface area contributed by atoms with Crippen molar-refractivity contribution in [1.29, 1.82) is 0 Å². The van der Waals surface area contributed by atoms with Crippen LogP contribution in [0.1, 0.15) is 64.6 Å². The Bertz CT molecular complexity index is 1100. The Hall–Kier alpha value is -3.42. The van der Waals surface area contributed by atoms with Gasteiger partial charge < -0.3 is 0 Å². The summed E-state index contributed by atoms with van der Waals surface area (Å²) in [4.78, 5) is 18.4. The van der Waals surface area contributed by atoms with Crippen LogP contribution in [0.2, 0.25) is 0 Å². The number of hydrogen-bond acceptors (Lipinski definition) is 6. The van der Waals surface area contributed by atoms with Gasteiger partial charge in [0.05, 0.1) is 0 Å². The molecule has 0 fully saturated rings. The first kappa shape index (κ1) is 20.8.